The van der Waals surface area contributed by atoms with E-state index in [4.69, 9.17) is 0 Å². The van der Waals surface area contributed by atoms with Crippen molar-refractivity contribution < 1.29 is 5.11 Å². The number of likely N-dealkylation sites (tertiary alicyclic amines) is 1. The average molecular weight is 254 g/mol. The van der Waals surface area contributed by atoms with Gasteiger partial charge < -0.3 is 15.3 Å². The Kier molecular flexibility index (Phi) is 5.05. The van der Waals surface area contributed by atoms with Crippen LogP contribution in [0, 0.1) is 0 Å². The van der Waals surface area contributed by atoms with E-state index in [0.29, 0.717) is 6.04 Å². The monoisotopic (exact) mass is 254 g/mol. The van der Waals surface area contributed by atoms with Gasteiger partial charge in [0.1, 0.15) is 0 Å². The molecule has 1 aliphatic carbocycles. The quantitative estimate of drug-likeness (QED) is 0.731. The molecule has 3 heteroatoms. The Morgan fingerprint density at radius 3 is 2.67 bits per heavy atom. The molecule has 18 heavy (non-hydrogen) atoms. The van der Waals surface area contributed by atoms with Crippen molar-refractivity contribution in [3.05, 3.63) is 0 Å². The van der Waals surface area contributed by atoms with Gasteiger partial charge in [0.05, 0.1) is 6.61 Å². The normalized spacial score (nSPS) is 29.2. The van der Waals surface area contributed by atoms with E-state index in [1.807, 2.05) is 0 Å². The van der Waals surface area contributed by atoms with Crippen LogP contribution in [0.15, 0.2) is 0 Å². The van der Waals surface area contributed by atoms with Crippen LogP contribution >= 0.6 is 0 Å². The smallest absolute Gasteiger partial charge is 0.0611 e. The topological polar surface area (TPSA) is 35.5 Å². The predicted molar refractivity (Wildman–Crippen MR) is 75.8 cm³/mol. The Labute approximate surface area is 112 Å². The first kappa shape index (κ1) is 14.3. The van der Waals surface area contributed by atoms with E-state index in [0.717, 1.165) is 19.0 Å². The molecule has 2 atom stereocenters. The lowest BCUT2D eigenvalue weighted by molar-refractivity contribution is 0.105. The second-order valence-corrected chi connectivity index (χ2v) is 6.48. The molecule has 1 aliphatic heterocycles. The van der Waals surface area contributed by atoms with E-state index in [1.54, 1.807) is 0 Å². The molecule has 0 spiro atoms. The molecule has 2 unspecified atom stereocenters. The first-order chi connectivity index (χ1) is 8.67. The molecular weight excluding hydrogens is 224 g/mol. The highest BCUT2D eigenvalue weighted by Crippen LogP contribution is 2.25. The summed E-state index contributed by atoms with van der Waals surface area (Å²) in [5, 5.41) is 13.2. The second-order valence-electron chi connectivity index (χ2n) is 6.48. The van der Waals surface area contributed by atoms with Crippen molar-refractivity contribution in [2.75, 3.05) is 19.7 Å². The summed E-state index contributed by atoms with van der Waals surface area (Å²) < 4.78 is 0. The van der Waals surface area contributed by atoms with E-state index in [-0.39, 0.29) is 12.1 Å². The molecule has 0 aromatic carbocycles. The summed E-state index contributed by atoms with van der Waals surface area (Å²) in [6, 6.07) is 1.45. The summed E-state index contributed by atoms with van der Waals surface area (Å²) in [7, 11) is 0. The van der Waals surface area contributed by atoms with Gasteiger partial charge in [-0.1, -0.05) is 13.3 Å². The van der Waals surface area contributed by atoms with Gasteiger partial charge in [-0.25, -0.2) is 0 Å². The molecule has 1 heterocycles. The molecule has 2 fully saturated rings. The Balaban J connectivity index is 1.79. The third-order valence-electron chi connectivity index (χ3n) is 4.65. The highest BCUT2D eigenvalue weighted by Gasteiger charge is 2.32. The lowest BCUT2D eigenvalue weighted by atomic mass is 9.95. The van der Waals surface area contributed by atoms with Crippen LogP contribution in [-0.4, -0.2) is 47.3 Å². The number of nitrogens with one attached hydrogen (secondary N) is 1. The van der Waals surface area contributed by atoms with Crippen LogP contribution in [0.4, 0.5) is 0 Å². The maximum absolute atomic E-state index is 9.63. The van der Waals surface area contributed by atoms with E-state index >= 15 is 0 Å². The zero-order valence-electron chi connectivity index (χ0n) is 12.1. The maximum atomic E-state index is 9.63. The second kappa shape index (κ2) is 6.36. The van der Waals surface area contributed by atoms with Crippen molar-refractivity contribution in [1.82, 2.24) is 10.2 Å². The van der Waals surface area contributed by atoms with Crippen LogP contribution in [0.25, 0.3) is 0 Å². The average Bonchev–Trinajstić information content (AvgIpc) is 3.20. The number of piperidine rings is 1. The van der Waals surface area contributed by atoms with Crippen molar-refractivity contribution in [2.45, 2.75) is 76.4 Å². The molecule has 1 saturated carbocycles. The Morgan fingerprint density at radius 1 is 1.28 bits per heavy atom. The lowest BCUT2D eigenvalue weighted by Gasteiger charge is -2.38. The van der Waals surface area contributed by atoms with E-state index in [1.165, 1.54) is 45.1 Å². The molecule has 0 aromatic heterocycles. The van der Waals surface area contributed by atoms with Crippen molar-refractivity contribution in [3.63, 3.8) is 0 Å². The number of rotatable bonds is 7. The zero-order chi connectivity index (χ0) is 13.0. The van der Waals surface area contributed by atoms with Gasteiger partial charge in [0, 0.05) is 24.2 Å². The summed E-state index contributed by atoms with van der Waals surface area (Å²) >= 11 is 0. The van der Waals surface area contributed by atoms with Crippen LogP contribution < -0.4 is 5.32 Å². The minimum Gasteiger partial charge on any atom is -0.394 e. The van der Waals surface area contributed by atoms with Crippen LogP contribution in [0.2, 0.25) is 0 Å². The van der Waals surface area contributed by atoms with Crippen LogP contribution in [0.5, 0.6) is 0 Å². The van der Waals surface area contributed by atoms with Crippen molar-refractivity contribution in [3.8, 4) is 0 Å². The first-order valence-electron chi connectivity index (χ1n) is 7.79. The number of nitrogens with zero attached hydrogens (tertiary/aromatic N) is 1. The van der Waals surface area contributed by atoms with E-state index in [9.17, 15) is 5.11 Å². The summed E-state index contributed by atoms with van der Waals surface area (Å²) in [5.41, 5.74) is -0.0725. The third kappa shape index (κ3) is 3.94. The van der Waals surface area contributed by atoms with Crippen LogP contribution in [0.1, 0.15) is 58.8 Å². The minimum atomic E-state index is -0.0725. The standard InChI is InChI=1S/C15H30N2O/c1-3-14-6-4-5-10-17(14)11-9-15(2,12-18)16-13-7-8-13/h13-14,16,18H,3-12H2,1-2H3. The Morgan fingerprint density at radius 2 is 2.06 bits per heavy atom. The lowest BCUT2D eigenvalue weighted by Crippen LogP contribution is -2.50. The minimum absolute atomic E-state index is 0.0725. The molecule has 0 amide bonds. The number of hydrogen-bond acceptors (Lipinski definition) is 3. The van der Waals surface area contributed by atoms with Crippen LogP contribution in [-0.2, 0) is 0 Å². The molecule has 2 aliphatic rings. The van der Waals surface area contributed by atoms with E-state index < -0.39 is 0 Å². The van der Waals surface area contributed by atoms with Crippen LogP contribution in [0.3, 0.4) is 0 Å². The SMILES string of the molecule is CCC1CCCCN1CCC(C)(CO)NC1CC1. The molecular formula is C15H30N2O. The van der Waals surface area contributed by atoms with Crippen molar-refractivity contribution >= 4 is 0 Å². The Bertz CT molecular complexity index is 255. The molecule has 0 bridgehead atoms. The van der Waals surface area contributed by atoms with Crippen molar-refractivity contribution in [1.29, 1.82) is 0 Å². The largest absolute Gasteiger partial charge is 0.394 e. The first-order valence-corrected chi connectivity index (χ1v) is 7.79. The highest BCUT2D eigenvalue weighted by molar-refractivity contribution is 4.93. The highest BCUT2D eigenvalue weighted by atomic mass is 16.3. The number of hydrogen-bond donors (Lipinski definition) is 2. The zero-order valence-corrected chi connectivity index (χ0v) is 12.1. The Hall–Kier alpha value is -0.120. The van der Waals surface area contributed by atoms with Gasteiger partial charge in [-0.15, -0.1) is 0 Å². The van der Waals surface area contributed by atoms with E-state index in [2.05, 4.69) is 24.1 Å². The summed E-state index contributed by atoms with van der Waals surface area (Å²) in [6.07, 6.45) is 9.02. The molecule has 0 radical (unpaired) electrons. The molecule has 2 rings (SSSR count). The maximum Gasteiger partial charge on any atom is 0.0611 e. The van der Waals surface area contributed by atoms with Crippen molar-refractivity contribution in [2.24, 2.45) is 0 Å². The fourth-order valence-electron chi connectivity index (χ4n) is 3.12. The number of aliphatic hydroxyl groups excluding tert-OH is 1. The molecule has 0 aromatic rings. The van der Waals surface area contributed by atoms with Gasteiger partial charge in [-0.2, -0.15) is 0 Å². The fourth-order valence-corrected chi connectivity index (χ4v) is 3.12. The summed E-state index contributed by atoms with van der Waals surface area (Å²) in [5.74, 6) is 0. The molecule has 1 saturated heterocycles. The number of aliphatic hydroxyl groups is 1. The third-order valence-corrected chi connectivity index (χ3v) is 4.65. The molecule has 3 nitrogen and oxygen atoms in total. The predicted octanol–water partition coefficient (Wildman–Crippen LogP) is 2.14. The van der Waals surface area contributed by atoms with Gasteiger partial charge in [-0.05, 0) is 52.0 Å². The molecule has 106 valence electrons. The summed E-state index contributed by atoms with van der Waals surface area (Å²) in [4.78, 5) is 2.64. The fraction of sp³-hybridized carbons (Fsp3) is 1.00. The molecule has 2 N–H and O–H groups in total. The van der Waals surface area contributed by atoms with Gasteiger partial charge in [0.2, 0.25) is 0 Å². The summed E-state index contributed by atoms with van der Waals surface area (Å²) in [6.45, 7) is 7.12. The van der Waals surface area contributed by atoms with Gasteiger partial charge in [0.25, 0.3) is 0 Å². The van der Waals surface area contributed by atoms with Gasteiger partial charge in [0.15, 0.2) is 0 Å². The van der Waals surface area contributed by atoms with Gasteiger partial charge >= 0.3 is 0 Å². The van der Waals surface area contributed by atoms with Gasteiger partial charge in [-0.3, -0.25) is 0 Å².